The van der Waals surface area contributed by atoms with Gasteiger partial charge in [-0.25, -0.2) is 0 Å². The zero-order valence-electron chi connectivity index (χ0n) is 15.9. The molecule has 0 bridgehead atoms. The van der Waals surface area contributed by atoms with Crippen LogP contribution in [0.15, 0.2) is 30.3 Å². The molecule has 1 aliphatic heterocycles. The molecule has 2 aromatic rings. The first kappa shape index (κ1) is 19.5. The van der Waals surface area contributed by atoms with E-state index in [2.05, 4.69) is 22.4 Å². The molecule has 27 heavy (non-hydrogen) atoms. The first-order valence-electron chi connectivity index (χ1n) is 9.50. The maximum Gasteiger partial charge on any atom is 0.236 e. The average Bonchev–Trinajstić information content (AvgIpc) is 3.14. The van der Waals surface area contributed by atoms with E-state index in [-0.39, 0.29) is 11.8 Å². The molecule has 0 unspecified atom stereocenters. The summed E-state index contributed by atoms with van der Waals surface area (Å²) in [5.74, 6) is -0.00291. The second-order valence-electron chi connectivity index (χ2n) is 7.01. The van der Waals surface area contributed by atoms with Gasteiger partial charge in [0.2, 0.25) is 16.9 Å². The van der Waals surface area contributed by atoms with Gasteiger partial charge in [0.1, 0.15) is 5.01 Å². The standard InChI is InChI=1S/C20H26N4O2S/c1-3-4-10-17-22-23-19(27-17)21-18(26)20(16-8-6-5-7-9-16)11-13-24(14-12-20)15(2)25/h5-9H,3-4,10-14H2,1-2H3,(H,21,23,26). The van der Waals surface area contributed by atoms with Crippen molar-refractivity contribution in [3.63, 3.8) is 0 Å². The predicted molar refractivity (Wildman–Crippen MR) is 107 cm³/mol. The van der Waals surface area contributed by atoms with Crippen molar-refractivity contribution in [2.24, 2.45) is 0 Å². The van der Waals surface area contributed by atoms with Crippen molar-refractivity contribution < 1.29 is 9.59 Å². The molecule has 1 aromatic heterocycles. The molecule has 1 aromatic carbocycles. The fourth-order valence-corrected chi connectivity index (χ4v) is 4.33. The molecule has 1 saturated heterocycles. The molecule has 1 N–H and O–H groups in total. The molecule has 144 valence electrons. The summed E-state index contributed by atoms with van der Waals surface area (Å²) in [6.45, 7) is 4.88. The lowest BCUT2D eigenvalue weighted by Crippen LogP contribution is -2.50. The Hall–Kier alpha value is -2.28. The third-order valence-electron chi connectivity index (χ3n) is 5.25. The molecule has 3 rings (SSSR count). The van der Waals surface area contributed by atoms with Crippen LogP contribution in [0.5, 0.6) is 0 Å². The number of aromatic nitrogens is 2. The number of hydrogen-bond donors (Lipinski definition) is 1. The van der Waals surface area contributed by atoms with Crippen molar-refractivity contribution in [1.29, 1.82) is 0 Å². The number of nitrogens with one attached hydrogen (secondary N) is 1. The van der Waals surface area contributed by atoms with Crippen molar-refractivity contribution in [2.45, 2.75) is 51.4 Å². The summed E-state index contributed by atoms with van der Waals surface area (Å²) in [7, 11) is 0. The fourth-order valence-electron chi connectivity index (χ4n) is 3.56. The second kappa shape index (κ2) is 8.61. The third kappa shape index (κ3) is 4.35. The first-order chi connectivity index (χ1) is 13.0. The number of aryl methyl sites for hydroxylation is 1. The number of nitrogens with zero attached hydrogens (tertiary/aromatic N) is 3. The quantitative estimate of drug-likeness (QED) is 0.826. The van der Waals surface area contributed by atoms with Crippen molar-refractivity contribution in [3.8, 4) is 0 Å². The van der Waals surface area contributed by atoms with E-state index >= 15 is 0 Å². The molecule has 0 spiro atoms. The van der Waals surface area contributed by atoms with Gasteiger partial charge in [0.05, 0.1) is 5.41 Å². The Bertz CT molecular complexity index is 782. The van der Waals surface area contributed by atoms with E-state index in [1.165, 1.54) is 11.3 Å². The highest BCUT2D eigenvalue weighted by Gasteiger charge is 2.43. The van der Waals surface area contributed by atoms with Crippen LogP contribution < -0.4 is 5.32 Å². The molecule has 1 aliphatic rings. The maximum absolute atomic E-state index is 13.3. The van der Waals surface area contributed by atoms with Gasteiger partial charge in [0, 0.05) is 26.4 Å². The minimum absolute atomic E-state index is 0.0572. The maximum atomic E-state index is 13.3. The third-order valence-corrected chi connectivity index (χ3v) is 6.15. The highest BCUT2D eigenvalue weighted by Crippen LogP contribution is 2.37. The van der Waals surface area contributed by atoms with Crippen LogP contribution in [0, 0.1) is 0 Å². The van der Waals surface area contributed by atoms with Crippen LogP contribution in [0.2, 0.25) is 0 Å². The molecule has 7 heteroatoms. The van der Waals surface area contributed by atoms with Crippen LogP contribution in [-0.4, -0.2) is 40.0 Å². The Morgan fingerprint density at radius 1 is 1.19 bits per heavy atom. The summed E-state index contributed by atoms with van der Waals surface area (Å²) < 4.78 is 0. The number of unbranched alkanes of at least 4 members (excludes halogenated alkanes) is 1. The largest absolute Gasteiger partial charge is 0.343 e. The molecule has 0 saturated carbocycles. The topological polar surface area (TPSA) is 75.2 Å². The number of piperidine rings is 1. The van der Waals surface area contributed by atoms with Crippen LogP contribution in [0.3, 0.4) is 0 Å². The van der Waals surface area contributed by atoms with Crippen molar-refractivity contribution in [1.82, 2.24) is 15.1 Å². The van der Waals surface area contributed by atoms with Gasteiger partial charge < -0.3 is 4.90 Å². The summed E-state index contributed by atoms with van der Waals surface area (Å²) >= 11 is 1.45. The van der Waals surface area contributed by atoms with E-state index in [0.29, 0.717) is 31.1 Å². The van der Waals surface area contributed by atoms with Crippen molar-refractivity contribution in [2.75, 3.05) is 18.4 Å². The summed E-state index contributed by atoms with van der Waals surface area (Å²) in [6.07, 6.45) is 4.26. The Balaban J connectivity index is 1.80. The summed E-state index contributed by atoms with van der Waals surface area (Å²) in [4.78, 5) is 26.8. The summed E-state index contributed by atoms with van der Waals surface area (Å²) in [5.41, 5.74) is 0.337. The average molecular weight is 387 g/mol. The highest BCUT2D eigenvalue weighted by atomic mass is 32.1. The lowest BCUT2D eigenvalue weighted by Gasteiger charge is -2.40. The van der Waals surface area contributed by atoms with Gasteiger partial charge in [-0.15, -0.1) is 10.2 Å². The van der Waals surface area contributed by atoms with Crippen LogP contribution in [0.1, 0.15) is 50.1 Å². The van der Waals surface area contributed by atoms with E-state index < -0.39 is 5.41 Å². The van der Waals surface area contributed by atoms with E-state index in [0.717, 1.165) is 29.8 Å². The van der Waals surface area contributed by atoms with Gasteiger partial charge in [-0.3, -0.25) is 14.9 Å². The zero-order chi connectivity index (χ0) is 19.3. The molecular weight excluding hydrogens is 360 g/mol. The molecular formula is C20H26N4O2S. The van der Waals surface area contributed by atoms with E-state index in [4.69, 9.17) is 0 Å². The SMILES string of the molecule is CCCCc1nnc(NC(=O)C2(c3ccccc3)CCN(C(C)=O)CC2)s1. The Morgan fingerprint density at radius 3 is 2.52 bits per heavy atom. The number of likely N-dealkylation sites (tertiary alicyclic amines) is 1. The summed E-state index contributed by atoms with van der Waals surface area (Å²) in [5, 5.41) is 12.8. The molecule has 2 heterocycles. The van der Waals surface area contributed by atoms with Gasteiger partial charge >= 0.3 is 0 Å². The van der Waals surface area contributed by atoms with Gasteiger partial charge in [0.25, 0.3) is 0 Å². The van der Waals surface area contributed by atoms with E-state index in [9.17, 15) is 9.59 Å². The van der Waals surface area contributed by atoms with Gasteiger partial charge in [-0.05, 0) is 24.8 Å². The number of benzene rings is 1. The zero-order valence-corrected chi connectivity index (χ0v) is 16.7. The summed E-state index contributed by atoms with van der Waals surface area (Å²) in [6, 6.07) is 9.85. The molecule has 0 aliphatic carbocycles. The molecule has 6 nitrogen and oxygen atoms in total. The van der Waals surface area contributed by atoms with Gasteiger partial charge in [-0.1, -0.05) is 55.0 Å². The first-order valence-corrected chi connectivity index (χ1v) is 10.3. The van der Waals surface area contributed by atoms with Crippen LogP contribution in [0.4, 0.5) is 5.13 Å². The van der Waals surface area contributed by atoms with Crippen LogP contribution in [-0.2, 0) is 21.4 Å². The number of rotatable bonds is 6. The number of hydrogen-bond acceptors (Lipinski definition) is 5. The lowest BCUT2D eigenvalue weighted by molar-refractivity contribution is -0.133. The Morgan fingerprint density at radius 2 is 1.89 bits per heavy atom. The minimum atomic E-state index is -0.650. The van der Waals surface area contributed by atoms with Crippen LogP contribution >= 0.6 is 11.3 Å². The van der Waals surface area contributed by atoms with Gasteiger partial charge in [0.15, 0.2) is 0 Å². The van der Waals surface area contributed by atoms with Crippen molar-refractivity contribution in [3.05, 3.63) is 40.9 Å². The fraction of sp³-hybridized carbons (Fsp3) is 0.500. The van der Waals surface area contributed by atoms with Crippen LogP contribution in [0.25, 0.3) is 0 Å². The Kier molecular flexibility index (Phi) is 6.21. The number of amides is 2. The molecule has 1 fully saturated rings. The molecule has 0 atom stereocenters. The highest BCUT2D eigenvalue weighted by molar-refractivity contribution is 7.15. The predicted octanol–water partition coefficient (Wildman–Crippen LogP) is 3.40. The minimum Gasteiger partial charge on any atom is -0.343 e. The molecule has 2 amide bonds. The Labute approximate surface area is 164 Å². The second-order valence-corrected chi connectivity index (χ2v) is 8.07. The van der Waals surface area contributed by atoms with Crippen molar-refractivity contribution >= 4 is 28.3 Å². The normalized spacial score (nSPS) is 16.1. The number of anilines is 1. The van der Waals surface area contributed by atoms with E-state index in [1.54, 1.807) is 6.92 Å². The lowest BCUT2D eigenvalue weighted by atomic mass is 9.72. The smallest absolute Gasteiger partial charge is 0.236 e. The molecule has 0 radical (unpaired) electrons. The number of carbonyl (C=O) groups is 2. The number of carbonyl (C=O) groups excluding carboxylic acids is 2. The van der Waals surface area contributed by atoms with Gasteiger partial charge in [-0.2, -0.15) is 0 Å². The van der Waals surface area contributed by atoms with E-state index in [1.807, 2.05) is 35.2 Å². The monoisotopic (exact) mass is 386 g/mol.